The Kier molecular flexibility index (Phi) is 6.91. The number of carbonyl (C=O) groups is 2. The van der Waals surface area contributed by atoms with E-state index in [1.165, 1.54) is 18.5 Å². The molecule has 1 heterocycles. The summed E-state index contributed by atoms with van der Waals surface area (Å²) in [6.45, 7) is 3.59. The van der Waals surface area contributed by atoms with Crippen LogP contribution in [0.15, 0.2) is 42.7 Å². The standard InChI is InChI=1S/C18H20ClN3O4/c1-12(2)10-15(21-17(23)13-4-6-14(19)7-5-13)18(24)26-11-16-20-8-3-9-22(16)25/h3-9,12,15H,10-11H2,1-2H3,(H,21,23). The van der Waals surface area contributed by atoms with Crippen molar-refractivity contribution < 1.29 is 19.1 Å². The van der Waals surface area contributed by atoms with E-state index in [0.717, 1.165) is 0 Å². The molecule has 1 unspecified atom stereocenters. The Morgan fingerprint density at radius 3 is 2.62 bits per heavy atom. The van der Waals surface area contributed by atoms with Gasteiger partial charge >= 0.3 is 11.8 Å². The summed E-state index contributed by atoms with van der Waals surface area (Å²) in [4.78, 5) is 28.6. The van der Waals surface area contributed by atoms with Crippen molar-refractivity contribution in [2.75, 3.05) is 0 Å². The van der Waals surface area contributed by atoms with E-state index >= 15 is 0 Å². The van der Waals surface area contributed by atoms with Crippen LogP contribution in [0.1, 0.15) is 36.5 Å². The van der Waals surface area contributed by atoms with Crippen molar-refractivity contribution in [1.82, 2.24) is 10.3 Å². The molecule has 2 rings (SSSR count). The molecule has 1 aromatic carbocycles. The second-order valence-corrected chi connectivity index (χ2v) is 6.57. The van der Waals surface area contributed by atoms with Crippen LogP contribution in [-0.2, 0) is 16.1 Å². The number of hydrogen-bond donors (Lipinski definition) is 1. The fourth-order valence-electron chi connectivity index (χ4n) is 2.25. The van der Waals surface area contributed by atoms with Gasteiger partial charge in [0.25, 0.3) is 5.91 Å². The number of ether oxygens (including phenoxy) is 1. The van der Waals surface area contributed by atoms with E-state index in [1.807, 2.05) is 13.8 Å². The largest absolute Gasteiger partial charge is 0.711 e. The molecule has 0 spiro atoms. The lowest BCUT2D eigenvalue weighted by atomic mass is 10.0. The quantitative estimate of drug-likeness (QED) is 0.453. The lowest BCUT2D eigenvalue weighted by molar-refractivity contribution is -0.620. The van der Waals surface area contributed by atoms with Crippen LogP contribution in [0, 0.1) is 11.1 Å². The van der Waals surface area contributed by atoms with Crippen LogP contribution < -0.4 is 10.0 Å². The molecule has 0 radical (unpaired) electrons. The van der Waals surface area contributed by atoms with Gasteiger partial charge in [-0.05, 0) is 41.6 Å². The van der Waals surface area contributed by atoms with Gasteiger partial charge < -0.3 is 15.3 Å². The Bertz CT molecular complexity index is 765. The summed E-state index contributed by atoms with van der Waals surface area (Å²) in [6.07, 6.45) is 3.10. The lowest BCUT2D eigenvalue weighted by Crippen LogP contribution is -2.43. The molecule has 2 aromatic rings. The zero-order chi connectivity index (χ0) is 19.1. The van der Waals surface area contributed by atoms with Crippen molar-refractivity contribution in [2.45, 2.75) is 32.9 Å². The monoisotopic (exact) mass is 377 g/mol. The van der Waals surface area contributed by atoms with Gasteiger partial charge in [0.1, 0.15) is 12.2 Å². The first-order valence-electron chi connectivity index (χ1n) is 8.13. The van der Waals surface area contributed by atoms with Gasteiger partial charge in [0, 0.05) is 16.7 Å². The van der Waals surface area contributed by atoms with Crippen molar-refractivity contribution in [3.63, 3.8) is 0 Å². The molecule has 0 aliphatic heterocycles. The van der Waals surface area contributed by atoms with E-state index in [2.05, 4.69) is 10.3 Å². The van der Waals surface area contributed by atoms with E-state index in [-0.39, 0.29) is 18.3 Å². The second-order valence-electron chi connectivity index (χ2n) is 6.13. The van der Waals surface area contributed by atoms with Crippen LogP contribution in [-0.4, -0.2) is 22.9 Å². The van der Waals surface area contributed by atoms with Crippen LogP contribution in [0.25, 0.3) is 0 Å². The molecule has 0 aliphatic rings. The fourth-order valence-corrected chi connectivity index (χ4v) is 2.38. The van der Waals surface area contributed by atoms with Crippen LogP contribution in [0.4, 0.5) is 0 Å². The Hall–Kier alpha value is -2.67. The summed E-state index contributed by atoms with van der Waals surface area (Å²) in [6, 6.07) is 6.99. The molecule has 8 heteroatoms. The Morgan fingerprint density at radius 1 is 1.31 bits per heavy atom. The molecule has 1 N–H and O–H groups in total. The Morgan fingerprint density at radius 2 is 2.00 bits per heavy atom. The highest BCUT2D eigenvalue weighted by molar-refractivity contribution is 6.30. The molecular weight excluding hydrogens is 358 g/mol. The Balaban J connectivity index is 2.03. The van der Waals surface area contributed by atoms with Crippen molar-refractivity contribution in [3.05, 3.63) is 64.3 Å². The SMILES string of the molecule is CC(C)CC(NC(=O)c1ccc(Cl)cc1)C(=O)OCc1nccc[n+]1[O-]. The van der Waals surface area contributed by atoms with Crippen LogP contribution in [0.3, 0.4) is 0 Å². The highest BCUT2D eigenvalue weighted by atomic mass is 35.5. The number of nitrogens with one attached hydrogen (secondary N) is 1. The second kappa shape index (κ2) is 9.15. The molecule has 1 aromatic heterocycles. The molecule has 0 saturated carbocycles. The van der Waals surface area contributed by atoms with Crippen molar-refractivity contribution >= 4 is 23.5 Å². The third-order valence-electron chi connectivity index (χ3n) is 3.53. The number of nitrogens with zero attached hydrogens (tertiary/aromatic N) is 2. The molecular formula is C18H20ClN3O4. The third-order valence-corrected chi connectivity index (χ3v) is 3.78. The average molecular weight is 378 g/mol. The fraction of sp³-hybridized carbons (Fsp3) is 0.333. The first kappa shape index (κ1) is 19.7. The molecule has 0 fully saturated rings. The number of amides is 1. The number of rotatable bonds is 7. The van der Waals surface area contributed by atoms with Crippen molar-refractivity contribution in [1.29, 1.82) is 0 Å². The zero-order valence-electron chi connectivity index (χ0n) is 14.5. The number of hydrogen-bond acceptors (Lipinski definition) is 5. The molecule has 0 bridgehead atoms. The number of aromatic nitrogens is 2. The predicted molar refractivity (Wildman–Crippen MR) is 95.2 cm³/mol. The maximum Gasteiger partial charge on any atom is 0.339 e. The molecule has 7 nitrogen and oxygen atoms in total. The van der Waals surface area contributed by atoms with Gasteiger partial charge in [-0.1, -0.05) is 25.4 Å². The summed E-state index contributed by atoms with van der Waals surface area (Å²) in [5, 5.41) is 14.7. The highest BCUT2D eigenvalue weighted by Gasteiger charge is 2.25. The van der Waals surface area contributed by atoms with E-state index in [9.17, 15) is 14.8 Å². The smallest absolute Gasteiger partial charge is 0.339 e. The average Bonchev–Trinajstić information content (AvgIpc) is 2.60. The summed E-state index contributed by atoms with van der Waals surface area (Å²) in [5.41, 5.74) is 0.387. The predicted octanol–water partition coefficient (Wildman–Crippen LogP) is 2.26. The van der Waals surface area contributed by atoms with Crippen molar-refractivity contribution in [2.24, 2.45) is 5.92 Å². The minimum absolute atomic E-state index is 0.0631. The summed E-state index contributed by atoms with van der Waals surface area (Å²) in [5.74, 6) is -0.807. The third kappa shape index (κ3) is 5.70. The van der Waals surface area contributed by atoms with Crippen molar-refractivity contribution in [3.8, 4) is 0 Å². The summed E-state index contributed by atoms with van der Waals surface area (Å²) < 4.78 is 5.69. The first-order valence-corrected chi connectivity index (χ1v) is 8.50. The van der Waals surface area contributed by atoms with E-state index in [1.54, 1.807) is 24.3 Å². The lowest BCUT2D eigenvalue weighted by Gasteiger charge is -2.19. The van der Waals surface area contributed by atoms with Gasteiger partial charge in [0.05, 0.1) is 6.20 Å². The minimum atomic E-state index is -0.831. The minimum Gasteiger partial charge on any atom is -0.711 e. The van der Waals surface area contributed by atoms with E-state index in [4.69, 9.17) is 16.3 Å². The van der Waals surface area contributed by atoms with Crippen LogP contribution in [0.2, 0.25) is 5.02 Å². The summed E-state index contributed by atoms with van der Waals surface area (Å²) >= 11 is 5.81. The maximum absolute atomic E-state index is 12.4. The van der Waals surface area contributed by atoms with Gasteiger partial charge in [0.2, 0.25) is 0 Å². The van der Waals surface area contributed by atoms with Gasteiger partial charge in [-0.15, -0.1) is 0 Å². The normalized spacial score (nSPS) is 11.8. The number of esters is 1. The van der Waals surface area contributed by atoms with Crippen LogP contribution in [0.5, 0.6) is 0 Å². The Labute approximate surface area is 156 Å². The molecule has 0 saturated heterocycles. The van der Waals surface area contributed by atoms with Gasteiger partial charge in [-0.3, -0.25) is 4.79 Å². The van der Waals surface area contributed by atoms with Gasteiger partial charge in [-0.25, -0.2) is 9.52 Å². The molecule has 1 amide bonds. The summed E-state index contributed by atoms with van der Waals surface area (Å²) in [7, 11) is 0. The maximum atomic E-state index is 12.4. The molecule has 26 heavy (non-hydrogen) atoms. The van der Waals surface area contributed by atoms with Gasteiger partial charge in [0.15, 0.2) is 6.61 Å². The number of benzene rings is 1. The molecule has 0 aliphatic carbocycles. The molecule has 138 valence electrons. The topological polar surface area (TPSA) is 95.2 Å². The number of carbonyl (C=O) groups excluding carboxylic acids is 2. The van der Waals surface area contributed by atoms with Gasteiger partial charge in [-0.2, -0.15) is 0 Å². The highest BCUT2D eigenvalue weighted by Crippen LogP contribution is 2.12. The van der Waals surface area contributed by atoms with Crippen LogP contribution >= 0.6 is 11.6 Å². The first-order chi connectivity index (χ1) is 12.4. The van der Waals surface area contributed by atoms with E-state index < -0.39 is 17.9 Å². The van der Waals surface area contributed by atoms with E-state index in [0.29, 0.717) is 21.7 Å². The number of halogens is 1. The zero-order valence-corrected chi connectivity index (χ0v) is 15.3. The molecule has 1 atom stereocenters.